The number of benzene rings is 1. The second-order valence-corrected chi connectivity index (χ2v) is 3.12. The Kier molecular flexibility index (Phi) is 2.68. The van der Waals surface area contributed by atoms with E-state index in [4.69, 9.17) is 0 Å². The lowest BCUT2D eigenvalue weighted by Crippen LogP contribution is -2.04. The van der Waals surface area contributed by atoms with Gasteiger partial charge in [0.1, 0.15) is 5.82 Å². The molecular formula is C11H9FN2O2. The Morgan fingerprint density at radius 2 is 2.25 bits per heavy atom. The zero-order valence-electron chi connectivity index (χ0n) is 8.55. The van der Waals surface area contributed by atoms with Crippen molar-refractivity contribution in [3.8, 4) is 5.69 Å². The molecule has 0 N–H and O–H groups in total. The lowest BCUT2D eigenvalue weighted by atomic mass is 10.3. The molecule has 0 saturated carbocycles. The van der Waals surface area contributed by atoms with Crippen molar-refractivity contribution in [2.24, 2.45) is 0 Å². The fraction of sp³-hybridized carbons (Fsp3) is 0.0909. The minimum Gasteiger partial charge on any atom is -0.464 e. The molecule has 2 aromatic rings. The summed E-state index contributed by atoms with van der Waals surface area (Å²) >= 11 is 0. The van der Waals surface area contributed by atoms with E-state index in [1.807, 2.05) is 0 Å². The van der Waals surface area contributed by atoms with Gasteiger partial charge in [-0.2, -0.15) is 5.10 Å². The number of hydrogen-bond acceptors (Lipinski definition) is 3. The number of carbonyl (C=O) groups is 1. The number of esters is 1. The van der Waals surface area contributed by atoms with Crippen molar-refractivity contribution in [3.05, 3.63) is 48.0 Å². The van der Waals surface area contributed by atoms with Crippen LogP contribution in [0.4, 0.5) is 4.39 Å². The average Bonchev–Trinajstić information content (AvgIpc) is 2.77. The van der Waals surface area contributed by atoms with Gasteiger partial charge >= 0.3 is 5.97 Å². The highest BCUT2D eigenvalue weighted by atomic mass is 19.1. The number of aromatic nitrogens is 2. The predicted molar refractivity (Wildman–Crippen MR) is 54.9 cm³/mol. The van der Waals surface area contributed by atoms with Crippen LogP contribution >= 0.6 is 0 Å². The van der Waals surface area contributed by atoms with E-state index in [0.717, 1.165) is 0 Å². The van der Waals surface area contributed by atoms with E-state index in [1.54, 1.807) is 18.3 Å². The van der Waals surface area contributed by atoms with Gasteiger partial charge in [-0.1, -0.05) is 6.07 Å². The summed E-state index contributed by atoms with van der Waals surface area (Å²) in [6.45, 7) is 0. The lowest BCUT2D eigenvalue weighted by molar-refractivity contribution is 0.0593. The molecule has 0 atom stereocenters. The minimum atomic E-state index is -0.518. The summed E-state index contributed by atoms with van der Waals surface area (Å²) in [5.74, 6) is -0.872. The van der Waals surface area contributed by atoms with E-state index in [2.05, 4.69) is 9.84 Å². The molecule has 0 bridgehead atoms. The van der Waals surface area contributed by atoms with Crippen LogP contribution in [0.3, 0.4) is 0 Å². The molecule has 0 aliphatic carbocycles. The predicted octanol–water partition coefficient (Wildman–Crippen LogP) is 1.80. The second kappa shape index (κ2) is 4.14. The van der Waals surface area contributed by atoms with E-state index in [-0.39, 0.29) is 11.5 Å². The second-order valence-electron chi connectivity index (χ2n) is 3.12. The molecule has 5 heteroatoms. The molecule has 0 amide bonds. The maximum Gasteiger partial charge on any atom is 0.358 e. The summed E-state index contributed by atoms with van der Waals surface area (Å²) < 4.78 is 18.9. The maximum atomic E-state index is 13.0. The van der Waals surface area contributed by atoms with Crippen LogP contribution in [0.5, 0.6) is 0 Å². The zero-order chi connectivity index (χ0) is 11.5. The molecule has 0 spiro atoms. The summed E-state index contributed by atoms with van der Waals surface area (Å²) in [6.07, 6.45) is 1.57. The topological polar surface area (TPSA) is 44.1 Å². The molecular weight excluding hydrogens is 211 g/mol. The fourth-order valence-electron chi connectivity index (χ4n) is 1.30. The average molecular weight is 220 g/mol. The van der Waals surface area contributed by atoms with Gasteiger partial charge in [0.25, 0.3) is 0 Å². The number of carbonyl (C=O) groups excluding carboxylic acids is 1. The van der Waals surface area contributed by atoms with Crippen molar-refractivity contribution in [2.75, 3.05) is 7.11 Å². The van der Waals surface area contributed by atoms with Crippen LogP contribution in [0, 0.1) is 5.82 Å². The minimum absolute atomic E-state index is 0.187. The maximum absolute atomic E-state index is 13.0. The van der Waals surface area contributed by atoms with Crippen LogP contribution in [0.25, 0.3) is 5.69 Å². The van der Waals surface area contributed by atoms with Gasteiger partial charge in [0.15, 0.2) is 5.69 Å². The standard InChI is InChI=1S/C11H9FN2O2/c1-16-11(15)10-5-6-14(13-10)9-4-2-3-8(12)7-9/h2-7H,1H3. The molecule has 0 aliphatic heterocycles. The first kappa shape index (κ1) is 10.4. The number of hydrogen-bond donors (Lipinski definition) is 0. The van der Waals surface area contributed by atoms with E-state index < -0.39 is 5.97 Å². The van der Waals surface area contributed by atoms with Crippen LogP contribution in [-0.2, 0) is 4.74 Å². The van der Waals surface area contributed by atoms with Crippen molar-refractivity contribution in [2.45, 2.75) is 0 Å². The third-order valence-electron chi connectivity index (χ3n) is 2.06. The molecule has 0 saturated heterocycles. The van der Waals surface area contributed by atoms with Gasteiger partial charge in [-0.05, 0) is 24.3 Å². The van der Waals surface area contributed by atoms with Gasteiger partial charge in [-0.15, -0.1) is 0 Å². The first-order chi connectivity index (χ1) is 7.70. The van der Waals surface area contributed by atoms with Gasteiger partial charge in [-0.25, -0.2) is 13.9 Å². The summed E-state index contributed by atoms with van der Waals surface area (Å²) in [5.41, 5.74) is 0.738. The van der Waals surface area contributed by atoms with Gasteiger partial charge in [0.2, 0.25) is 0 Å². The highest BCUT2D eigenvalue weighted by Crippen LogP contribution is 2.09. The highest BCUT2D eigenvalue weighted by Gasteiger charge is 2.09. The number of rotatable bonds is 2. The van der Waals surface area contributed by atoms with E-state index in [0.29, 0.717) is 5.69 Å². The van der Waals surface area contributed by atoms with Gasteiger partial charge < -0.3 is 4.74 Å². The van der Waals surface area contributed by atoms with Crippen LogP contribution < -0.4 is 0 Å². The van der Waals surface area contributed by atoms with Gasteiger partial charge in [-0.3, -0.25) is 0 Å². The molecule has 0 fully saturated rings. The normalized spacial score (nSPS) is 10.1. The molecule has 1 aromatic carbocycles. The summed E-state index contributed by atoms with van der Waals surface area (Å²) in [5, 5.41) is 3.97. The third-order valence-corrected chi connectivity index (χ3v) is 2.06. The molecule has 4 nitrogen and oxygen atoms in total. The van der Waals surface area contributed by atoms with Crippen molar-refractivity contribution >= 4 is 5.97 Å². The fourth-order valence-corrected chi connectivity index (χ4v) is 1.30. The third kappa shape index (κ3) is 1.93. The Balaban J connectivity index is 2.35. The van der Waals surface area contributed by atoms with Crippen molar-refractivity contribution in [1.82, 2.24) is 9.78 Å². The summed E-state index contributed by atoms with van der Waals surface area (Å²) in [7, 11) is 1.28. The quantitative estimate of drug-likeness (QED) is 0.725. The number of halogens is 1. The Morgan fingerprint density at radius 1 is 1.44 bits per heavy atom. The van der Waals surface area contributed by atoms with Crippen molar-refractivity contribution in [3.63, 3.8) is 0 Å². The largest absolute Gasteiger partial charge is 0.464 e. The van der Waals surface area contributed by atoms with Crippen LogP contribution in [0.2, 0.25) is 0 Å². The molecule has 1 heterocycles. The summed E-state index contributed by atoms with van der Waals surface area (Å²) in [4.78, 5) is 11.2. The first-order valence-electron chi connectivity index (χ1n) is 4.60. The molecule has 16 heavy (non-hydrogen) atoms. The van der Waals surface area contributed by atoms with E-state index in [1.165, 1.54) is 30.0 Å². The Hall–Kier alpha value is -2.17. The first-order valence-corrected chi connectivity index (χ1v) is 4.60. The van der Waals surface area contributed by atoms with Crippen molar-refractivity contribution < 1.29 is 13.9 Å². The number of ether oxygens (including phenoxy) is 1. The van der Waals surface area contributed by atoms with Crippen LogP contribution in [0.15, 0.2) is 36.5 Å². The van der Waals surface area contributed by atoms with Gasteiger partial charge in [0, 0.05) is 6.20 Å². The Morgan fingerprint density at radius 3 is 2.94 bits per heavy atom. The molecule has 0 unspecified atom stereocenters. The monoisotopic (exact) mass is 220 g/mol. The number of methoxy groups -OCH3 is 1. The molecule has 2 rings (SSSR count). The molecule has 0 aliphatic rings. The highest BCUT2D eigenvalue weighted by molar-refractivity contribution is 5.86. The molecule has 0 radical (unpaired) electrons. The number of nitrogens with zero attached hydrogens (tertiary/aromatic N) is 2. The lowest BCUT2D eigenvalue weighted by Gasteiger charge is -2.00. The smallest absolute Gasteiger partial charge is 0.358 e. The van der Waals surface area contributed by atoms with Crippen LogP contribution in [-0.4, -0.2) is 22.9 Å². The van der Waals surface area contributed by atoms with E-state index in [9.17, 15) is 9.18 Å². The molecule has 1 aromatic heterocycles. The molecule has 82 valence electrons. The van der Waals surface area contributed by atoms with E-state index >= 15 is 0 Å². The Labute approximate surface area is 91.3 Å². The summed E-state index contributed by atoms with van der Waals surface area (Å²) in [6, 6.07) is 7.44. The zero-order valence-corrected chi connectivity index (χ0v) is 8.55. The SMILES string of the molecule is COC(=O)c1ccn(-c2cccc(F)c2)n1. The van der Waals surface area contributed by atoms with Crippen molar-refractivity contribution in [1.29, 1.82) is 0 Å². The van der Waals surface area contributed by atoms with Gasteiger partial charge in [0.05, 0.1) is 12.8 Å². The van der Waals surface area contributed by atoms with Crippen LogP contribution in [0.1, 0.15) is 10.5 Å². The Bertz CT molecular complexity index is 522.